The van der Waals surface area contributed by atoms with Gasteiger partial charge in [-0.15, -0.1) is 0 Å². The van der Waals surface area contributed by atoms with Gasteiger partial charge in [0.15, 0.2) is 4.73 Å². The molecular formula is C11H16BrN3O2. The van der Waals surface area contributed by atoms with Crippen molar-refractivity contribution in [1.82, 2.24) is 14.8 Å². The molecule has 1 saturated carbocycles. The van der Waals surface area contributed by atoms with Gasteiger partial charge in [-0.1, -0.05) is 0 Å². The van der Waals surface area contributed by atoms with Crippen LogP contribution >= 0.6 is 15.9 Å². The van der Waals surface area contributed by atoms with Crippen molar-refractivity contribution < 1.29 is 9.53 Å². The molecule has 0 aliphatic heterocycles. The van der Waals surface area contributed by atoms with Crippen LogP contribution in [0.3, 0.4) is 0 Å². The minimum Gasteiger partial charge on any atom is -0.466 e. The molecule has 1 aliphatic rings. The molecule has 1 aromatic heterocycles. The SMILES string of the molecule is CCOC(=O)C1CCC(n2ncnc2Br)CC1. The number of aromatic nitrogens is 3. The van der Waals surface area contributed by atoms with Gasteiger partial charge in [0.1, 0.15) is 6.33 Å². The van der Waals surface area contributed by atoms with E-state index in [1.807, 2.05) is 11.6 Å². The summed E-state index contributed by atoms with van der Waals surface area (Å²) in [6.45, 7) is 2.31. The number of hydrogen-bond acceptors (Lipinski definition) is 4. The fourth-order valence-corrected chi connectivity index (χ4v) is 2.77. The van der Waals surface area contributed by atoms with Crippen LogP contribution in [-0.4, -0.2) is 27.3 Å². The highest BCUT2D eigenvalue weighted by Gasteiger charge is 2.29. The predicted octanol–water partition coefficient (Wildman–Crippen LogP) is 2.33. The maximum atomic E-state index is 11.6. The van der Waals surface area contributed by atoms with Gasteiger partial charge >= 0.3 is 5.97 Å². The molecule has 0 saturated heterocycles. The fourth-order valence-electron chi connectivity index (χ4n) is 2.30. The molecule has 94 valence electrons. The average Bonchev–Trinajstić information content (AvgIpc) is 2.76. The minimum absolute atomic E-state index is 0.0522. The highest BCUT2D eigenvalue weighted by Crippen LogP contribution is 2.33. The zero-order valence-electron chi connectivity index (χ0n) is 9.80. The van der Waals surface area contributed by atoms with E-state index >= 15 is 0 Å². The van der Waals surface area contributed by atoms with Gasteiger partial charge in [-0.2, -0.15) is 5.10 Å². The lowest BCUT2D eigenvalue weighted by Gasteiger charge is -2.27. The molecule has 0 amide bonds. The lowest BCUT2D eigenvalue weighted by Crippen LogP contribution is -2.25. The second-order valence-electron chi connectivity index (χ2n) is 4.23. The summed E-state index contributed by atoms with van der Waals surface area (Å²) in [4.78, 5) is 15.6. The summed E-state index contributed by atoms with van der Waals surface area (Å²) in [6, 6.07) is 0.345. The molecule has 0 aromatic carbocycles. The van der Waals surface area contributed by atoms with Crippen LogP contribution in [0.2, 0.25) is 0 Å². The maximum absolute atomic E-state index is 11.6. The summed E-state index contributed by atoms with van der Waals surface area (Å²) < 4.78 is 7.70. The molecule has 0 N–H and O–H groups in total. The number of carbonyl (C=O) groups is 1. The Balaban J connectivity index is 1.90. The van der Waals surface area contributed by atoms with E-state index in [4.69, 9.17) is 4.74 Å². The Morgan fingerprint density at radius 1 is 1.53 bits per heavy atom. The zero-order valence-corrected chi connectivity index (χ0v) is 11.4. The van der Waals surface area contributed by atoms with E-state index < -0.39 is 0 Å². The smallest absolute Gasteiger partial charge is 0.308 e. The number of hydrogen-bond donors (Lipinski definition) is 0. The third-order valence-electron chi connectivity index (χ3n) is 3.19. The van der Waals surface area contributed by atoms with Crippen molar-refractivity contribution in [2.24, 2.45) is 5.92 Å². The molecule has 1 heterocycles. The molecular weight excluding hydrogens is 286 g/mol. The molecule has 2 rings (SSSR count). The minimum atomic E-state index is -0.0522. The number of esters is 1. The van der Waals surface area contributed by atoms with Crippen LogP contribution in [0.1, 0.15) is 38.6 Å². The Morgan fingerprint density at radius 2 is 2.24 bits per heavy atom. The van der Waals surface area contributed by atoms with Gasteiger partial charge in [0.2, 0.25) is 0 Å². The van der Waals surface area contributed by atoms with Crippen LogP contribution in [-0.2, 0) is 9.53 Å². The first-order valence-electron chi connectivity index (χ1n) is 5.94. The second-order valence-corrected chi connectivity index (χ2v) is 4.94. The van der Waals surface area contributed by atoms with Gasteiger partial charge in [0, 0.05) is 0 Å². The number of rotatable bonds is 3. The van der Waals surface area contributed by atoms with Crippen molar-refractivity contribution in [3.05, 3.63) is 11.1 Å². The van der Waals surface area contributed by atoms with E-state index in [2.05, 4.69) is 26.0 Å². The first-order chi connectivity index (χ1) is 8.22. The summed E-state index contributed by atoms with van der Waals surface area (Å²) >= 11 is 3.37. The fraction of sp³-hybridized carbons (Fsp3) is 0.727. The van der Waals surface area contributed by atoms with Crippen molar-refractivity contribution in [2.75, 3.05) is 6.61 Å². The van der Waals surface area contributed by atoms with Gasteiger partial charge < -0.3 is 4.74 Å². The first kappa shape index (κ1) is 12.5. The molecule has 6 heteroatoms. The van der Waals surface area contributed by atoms with Crippen LogP contribution in [0.4, 0.5) is 0 Å². The number of halogens is 1. The van der Waals surface area contributed by atoms with E-state index in [-0.39, 0.29) is 11.9 Å². The Kier molecular flexibility index (Phi) is 4.15. The number of carbonyl (C=O) groups excluding carboxylic acids is 1. The van der Waals surface area contributed by atoms with Gasteiger partial charge in [-0.25, -0.2) is 9.67 Å². The lowest BCUT2D eigenvalue weighted by atomic mass is 9.86. The molecule has 0 radical (unpaired) electrons. The Labute approximate surface area is 109 Å². The highest BCUT2D eigenvalue weighted by atomic mass is 79.9. The molecule has 0 atom stereocenters. The molecule has 0 spiro atoms. The molecule has 17 heavy (non-hydrogen) atoms. The molecule has 5 nitrogen and oxygen atoms in total. The van der Waals surface area contributed by atoms with Crippen molar-refractivity contribution >= 4 is 21.9 Å². The normalized spacial score (nSPS) is 24.6. The van der Waals surface area contributed by atoms with Gasteiger partial charge in [-0.05, 0) is 48.5 Å². The van der Waals surface area contributed by atoms with Crippen LogP contribution in [0.25, 0.3) is 0 Å². The monoisotopic (exact) mass is 301 g/mol. The van der Waals surface area contributed by atoms with Crippen molar-refractivity contribution in [2.45, 2.75) is 38.6 Å². The largest absolute Gasteiger partial charge is 0.466 e. The summed E-state index contributed by atoms with van der Waals surface area (Å²) in [5.74, 6) is 0.0112. The van der Waals surface area contributed by atoms with Crippen LogP contribution in [0, 0.1) is 5.92 Å². The second kappa shape index (κ2) is 5.62. The maximum Gasteiger partial charge on any atom is 0.308 e. The Bertz CT molecular complexity index is 386. The molecule has 1 fully saturated rings. The van der Waals surface area contributed by atoms with E-state index in [1.165, 1.54) is 0 Å². The third-order valence-corrected chi connectivity index (χ3v) is 3.76. The number of nitrogens with zero attached hydrogens (tertiary/aromatic N) is 3. The molecule has 1 aromatic rings. The standard InChI is InChI=1S/C11H16BrN3O2/c1-2-17-10(16)8-3-5-9(6-4-8)15-11(12)13-7-14-15/h7-9H,2-6H2,1H3. The van der Waals surface area contributed by atoms with Crippen molar-refractivity contribution in [1.29, 1.82) is 0 Å². The summed E-state index contributed by atoms with van der Waals surface area (Å²) in [6.07, 6.45) is 5.18. The average molecular weight is 302 g/mol. The molecule has 1 aliphatic carbocycles. The summed E-state index contributed by atoms with van der Waals surface area (Å²) in [5.41, 5.74) is 0. The third kappa shape index (κ3) is 2.86. The molecule has 0 bridgehead atoms. The van der Waals surface area contributed by atoms with E-state index in [0.717, 1.165) is 30.4 Å². The van der Waals surface area contributed by atoms with E-state index in [9.17, 15) is 4.79 Å². The summed E-state index contributed by atoms with van der Waals surface area (Å²) in [7, 11) is 0. The van der Waals surface area contributed by atoms with Crippen LogP contribution in [0.5, 0.6) is 0 Å². The van der Waals surface area contributed by atoms with E-state index in [1.54, 1.807) is 6.33 Å². The lowest BCUT2D eigenvalue weighted by molar-refractivity contribution is -0.149. The van der Waals surface area contributed by atoms with E-state index in [0.29, 0.717) is 12.6 Å². The quantitative estimate of drug-likeness (QED) is 0.804. The van der Waals surface area contributed by atoms with Crippen molar-refractivity contribution in [3.63, 3.8) is 0 Å². The van der Waals surface area contributed by atoms with Crippen LogP contribution in [0.15, 0.2) is 11.1 Å². The highest BCUT2D eigenvalue weighted by molar-refractivity contribution is 9.10. The van der Waals surface area contributed by atoms with Gasteiger partial charge in [0.05, 0.1) is 18.6 Å². The number of ether oxygens (including phenoxy) is 1. The predicted molar refractivity (Wildman–Crippen MR) is 65.4 cm³/mol. The zero-order chi connectivity index (χ0) is 12.3. The molecule has 0 unspecified atom stereocenters. The van der Waals surface area contributed by atoms with Crippen LogP contribution < -0.4 is 0 Å². The van der Waals surface area contributed by atoms with Gasteiger partial charge in [0.25, 0.3) is 0 Å². The Hall–Kier alpha value is -0.910. The van der Waals surface area contributed by atoms with Crippen molar-refractivity contribution in [3.8, 4) is 0 Å². The first-order valence-corrected chi connectivity index (χ1v) is 6.73. The summed E-state index contributed by atoms with van der Waals surface area (Å²) in [5, 5.41) is 4.19. The topological polar surface area (TPSA) is 57.0 Å². The Morgan fingerprint density at radius 3 is 2.76 bits per heavy atom. The van der Waals surface area contributed by atoms with Gasteiger partial charge in [-0.3, -0.25) is 4.79 Å².